The van der Waals surface area contributed by atoms with Gasteiger partial charge in [0.2, 0.25) is 0 Å². The molecular formula is C18H26N4O2. The molecular weight excluding hydrogens is 304 g/mol. The van der Waals surface area contributed by atoms with Gasteiger partial charge >= 0.3 is 0 Å². The molecule has 0 bridgehead atoms. The average Bonchev–Trinajstić information content (AvgIpc) is 2.87. The van der Waals surface area contributed by atoms with Gasteiger partial charge in [-0.15, -0.1) is 0 Å². The van der Waals surface area contributed by atoms with Crippen molar-refractivity contribution < 1.29 is 9.47 Å². The molecule has 0 N–H and O–H groups in total. The third kappa shape index (κ3) is 4.01. The predicted octanol–water partition coefficient (Wildman–Crippen LogP) is 2.11. The molecule has 0 spiro atoms. The van der Waals surface area contributed by atoms with Crippen LogP contribution in [0.2, 0.25) is 0 Å². The Hall–Kier alpha value is -1.76. The molecule has 6 heteroatoms. The van der Waals surface area contributed by atoms with Crippen LogP contribution in [0.3, 0.4) is 0 Å². The Kier molecular flexibility index (Phi) is 4.99. The van der Waals surface area contributed by atoms with Crippen molar-refractivity contribution in [3.05, 3.63) is 36.3 Å². The molecule has 24 heavy (non-hydrogen) atoms. The number of ether oxygens (including phenoxy) is 2. The van der Waals surface area contributed by atoms with Crippen molar-refractivity contribution in [3.63, 3.8) is 0 Å². The molecule has 1 aliphatic rings. The lowest BCUT2D eigenvalue weighted by Crippen LogP contribution is -2.53. The summed E-state index contributed by atoms with van der Waals surface area (Å²) in [5.74, 6) is 0. The van der Waals surface area contributed by atoms with Gasteiger partial charge in [-0.1, -0.05) is 0 Å². The fraction of sp³-hybridized carbons (Fsp3) is 0.556. The van der Waals surface area contributed by atoms with Crippen molar-refractivity contribution in [1.82, 2.24) is 19.7 Å². The van der Waals surface area contributed by atoms with Crippen LogP contribution in [0.15, 0.2) is 30.7 Å². The molecule has 3 rings (SSSR count). The molecule has 0 aliphatic carbocycles. The summed E-state index contributed by atoms with van der Waals surface area (Å²) in [5.41, 5.74) is 3.16. The Morgan fingerprint density at radius 2 is 2.08 bits per heavy atom. The van der Waals surface area contributed by atoms with Crippen LogP contribution in [-0.2, 0) is 23.1 Å². The third-order valence-electron chi connectivity index (χ3n) is 4.16. The van der Waals surface area contributed by atoms with Gasteiger partial charge in [-0.3, -0.25) is 14.6 Å². The molecule has 6 nitrogen and oxygen atoms in total. The second-order valence-electron chi connectivity index (χ2n) is 7.04. The van der Waals surface area contributed by atoms with Gasteiger partial charge in [-0.2, -0.15) is 5.10 Å². The molecule has 0 amide bonds. The van der Waals surface area contributed by atoms with Crippen LogP contribution in [0.5, 0.6) is 0 Å². The smallest absolute Gasteiger partial charge is 0.0969 e. The van der Waals surface area contributed by atoms with Gasteiger partial charge in [0.1, 0.15) is 0 Å². The van der Waals surface area contributed by atoms with E-state index in [2.05, 4.69) is 35.0 Å². The van der Waals surface area contributed by atoms with Crippen molar-refractivity contribution in [2.24, 2.45) is 7.05 Å². The second kappa shape index (κ2) is 7.01. The number of aromatic nitrogens is 3. The first-order valence-corrected chi connectivity index (χ1v) is 8.29. The van der Waals surface area contributed by atoms with Crippen LogP contribution in [0, 0.1) is 0 Å². The van der Waals surface area contributed by atoms with Crippen molar-refractivity contribution in [2.45, 2.75) is 32.1 Å². The zero-order valence-corrected chi connectivity index (χ0v) is 14.9. The molecule has 1 unspecified atom stereocenters. The van der Waals surface area contributed by atoms with Crippen LogP contribution in [0.25, 0.3) is 11.3 Å². The highest BCUT2D eigenvalue weighted by atomic mass is 16.5. The summed E-state index contributed by atoms with van der Waals surface area (Å²) in [6.45, 7) is 7.48. The lowest BCUT2D eigenvalue weighted by molar-refractivity contribution is -0.154. The van der Waals surface area contributed by atoms with Gasteiger partial charge < -0.3 is 9.47 Å². The summed E-state index contributed by atoms with van der Waals surface area (Å²) in [4.78, 5) is 6.52. The largest absolute Gasteiger partial charge is 0.382 e. The fourth-order valence-electron chi connectivity index (χ4n) is 3.46. The van der Waals surface area contributed by atoms with E-state index in [-0.39, 0.29) is 11.7 Å². The molecule has 130 valence electrons. The maximum atomic E-state index is 6.11. The van der Waals surface area contributed by atoms with Gasteiger partial charge in [0.05, 0.1) is 24.0 Å². The zero-order chi connectivity index (χ0) is 17.2. The highest BCUT2D eigenvalue weighted by Crippen LogP contribution is 2.26. The van der Waals surface area contributed by atoms with Crippen LogP contribution in [0.1, 0.15) is 19.4 Å². The molecule has 3 heterocycles. The number of hydrogen-bond acceptors (Lipinski definition) is 5. The number of morpholine rings is 1. The summed E-state index contributed by atoms with van der Waals surface area (Å²) in [5, 5.41) is 4.64. The molecule has 2 aromatic rings. The Labute approximate surface area is 143 Å². The molecule has 0 radical (unpaired) electrons. The number of aryl methyl sites for hydroxylation is 1. The van der Waals surface area contributed by atoms with Crippen molar-refractivity contribution in [2.75, 3.05) is 26.8 Å². The van der Waals surface area contributed by atoms with E-state index in [0.29, 0.717) is 6.61 Å². The predicted molar refractivity (Wildman–Crippen MR) is 92.5 cm³/mol. The molecule has 1 atom stereocenters. The summed E-state index contributed by atoms with van der Waals surface area (Å²) in [6.07, 6.45) is 5.81. The van der Waals surface area contributed by atoms with Crippen molar-refractivity contribution >= 4 is 0 Å². The average molecular weight is 330 g/mol. The minimum absolute atomic E-state index is 0.0970. The van der Waals surface area contributed by atoms with E-state index in [1.54, 1.807) is 19.5 Å². The van der Waals surface area contributed by atoms with E-state index in [1.807, 2.05) is 23.9 Å². The summed E-state index contributed by atoms with van der Waals surface area (Å²) < 4.78 is 13.3. The Balaban J connectivity index is 1.81. The summed E-state index contributed by atoms with van der Waals surface area (Å²) in [7, 11) is 3.68. The third-order valence-corrected chi connectivity index (χ3v) is 4.16. The lowest BCUT2D eigenvalue weighted by Gasteiger charge is -2.42. The maximum Gasteiger partial charge on any atom is 0.0969 e. The lowest BCUT2D eigenvalue weighted by atomic mass is 10.0. The molecule has 1 aliphatic heterocycles. The molecule has 0 saturated carbocycles. The van der Waals surface area contributed by atoms with E-state index < -0.39 is 0 Å². The molecule has 1 fully saturated rings. The van der Waals surface area contributed by atoms with E-state index in [0.717, 1.165) is 30.9 Å². The van der Waals surface area contributed by atoms with Gasteiger partial charge in [-0.05, 0) is 26.0 Å². The second-order valence-corrected chi connectivity index (χ2v) is 7.04. The normalized spacial score (nSPS) is 21.1. The van der Waals surface area contributed by atoms with Gasteiger partial charge in [0.25, 0.3) is 0 Å². The quantitative estimate of drug-likeness (QED) is 0.840. The van der Waals surface area contributed by atoms with Gasteiger partial charge in [0, 0.05) is 63.5 Å². The molecule has 1 saturated heterocycles. The SMILES string of the molecule is COCC1CN(Cc2cn(C)nc2-c2ccncc2)CC(C)(C)O1. The highest BCUT2D eigenvalue weighted by molar-refractivity contribution is 5.61. The van der Waals surface area contributed by atoms with E-state index in [4.69, 9.17) is 9.47 Å². The number of nitrogens with zero attached hydrogens (tertiary/aromatic N) is 4. The topological polar surface area (TPSA) is 52.4 Å². The van der Waals surface area contributed by atoms with Crippen LogP contribution < -0.4 is 0 Å². The first-order valence-electron chi connectivity index (χ1n) is 8.29. The first kappa shape index (κ1) is 17.1. The van der Waals surface area contributed by atoms with Crippen molar-refractivity contribution in [1.29, 1.82) is 0 Å². The maximum absolute atomic E-state index is 6.11. The standard InChI is InChI=1S/C18H26N4O2/c1-18(2)13-22(11-16(24-18)12-23-4)10-15-9-21(3)20-17(15)14-5-7-19-8-6-14/h5-9,16H,10-13H2,1-4H3. The monoisotopic (exact) mass is 330 g/mol. The molecule has 2 aromatic heterocycles. The number of hydrogen-bond donors (Lipinski definition) is 0. The number of pyridine rings is 1. The van der Waals surface area contributed by atoms with E-state index in [1.165, 1.54) is 5.56 Å². The van der Waals surface area contributed by atoms with Gasteiger partial charge in [0.15, 0.2) is 0 Å². The summed E-state index contributed by atoms with van der Waals surface area (Å²) >= 11 is 0. The fourth-order valence-corrected chi connectivity index (χ4v) is 3.46. The Morgan fingerprint density at radius 1 is 1.33 bits per heavy atom. The molecule has 0 aromatic carbocycles. The summed E-state index contributed by atoms with van der Waals surface area (Å²) in [6, 6.07) is 4.01. The van der Waals surface area contributed by atoms with Crippen LogP contribution >= 0.6 is 0 Å². The van der Waals surface area contributed by atoms with Crippen molar-refractivity contribution in [3.8, 4) is 11.3 Å². The van der Waals surface area contributed by atoms with E-state index >= 15 is 0 Å². The Morgan fingerprint density at radius 3 is 2.79 bits per heavy atom. The minimum Gasteiger partial charge on any atom is -0.382 e. The minimum atomic E-state index is -0.180. The van der Waals surface area contributed by atoms with Gasteiger partial charge in [-0.25, -0.2) is 0 Å². The first-order chi connectivity index (χ1) is 11.5. The van der Waals surface area contributed by atoms with E-state index in [9.17, 15) is 0 Å². The zero-order valence-electron chi connectivity index (χ0n) is 14.9. The highest BCUT2D eigenvalue weighted by Gasteiger charge is 2.33. The van der Waals surface area contributed by atoms with Crippen LogP contribution in [-0.4, -0.2) is 58.2 Å². The number of rotatable bonds is 5. The van der Waals surface area contributed by atoms with Crippen LogP contribution in [0.4, 0.5) is 0 Å². The Bertz CT molecular complexity index is 669. The number of methoxy groups -OCH3 is 1.